The smallest absolute Gasteiger partial charge is 0.159 e. The normalized spacial score (nSPS) is 16.9. The van der Waals surface area contributed by atoms with Crippen LogP contribution in [0.5, 0.6) is 5.75 Å². The van der Waals surface area contributed by atoms with E-state index in [4.69, 9.17) is 9.97 Å². The van der Waals surface area contributed by atoms with Gasteiger partial charge in [-0.3, -0.25) is 9.80 Å². The van der Waals surface area contributed by atoms with Gasteiger partial charge in [0, 0.05) is 44.8 Å². The standard InChI is InChI=1S/C25H35N5O/c1-5-6-10-23-27-22-15-19(17-26-24(22)29(23)4)18-30-13-11-25(12-14-30,28(2)3)20-8-7-9-21(31)16-20/h7-9,15-17,31H,5-6,10-14,18H2,1-4H3. The molecule has 4 rings (SSSR count). The van der Waals surface area contributed by atoms with Gasteiger partial charge >= 0.3 is 0 Å². The van der Waals surface area contributed by atoms with E-state index in [1.807, 2.05) is 18.3 Å². The molecule has 3 heterocycles. The number of unbranched alkanes of at least 4 members (excludes halogenated alkanes) is 1. The monoisotopic (exact) mass is 421 g/mol. The molecular weight excluding hydrogens is 386 g/mol. The first-order chi connectivity index (χ1) is 14.9. The third-order valence-electron chi connectivity index (χ3n) is 6.94. The predicted molar refractivity (Wildman–Crippen MR) is 125 cm³/mol. The summed E-state index contributed by atoms with van der Waals surface area (Å²) in [6.07, 6.45) is 7.41. The lowest BCUT2D eigenvalue weighted by Crippen LogP contribution is -2.50. The van der Waals surface area contributed by atoms with Gasteiger partial charge in [0.1, 0.15) is 17.1 Å². The molecule has 1 aliphatic heterocycles. The Morgan fingerprint density at radius 2 is 1.94 bits per heavy atom. The fourth-order valence-electron chi connectivity index (χ4n) is 4.94. The van der Waals surface area contributed by atoms with E-state index in [1.54, 1.807) is 6.07 Å². The van der Waals surface area contributed by atoms with Crippen LogP contribution in [0.3, 0.4) is 0 Å². The summed E-state index contributed by atoms with van der Waals surface area (Å²) < 4.78 is 2.14. The fraction of sp³-hybridized carbons (Fsp3) is 0.520. The van der Waals surface area contributed by atoms with Crippen LogP contribution in [0.2, 0.25) is 0 Å². The second-order valence-corrected chi connectivity index (χ2v) is 9.13. The van der Waals surface area contributed by atoms with Crippen molar-refractivity contribution < 1.29 is 5.11 Å². The SMILES string of the molecule is CCCCc1nc2cc(CN3CCC(c4cccc(O)c4)(N(C)C)CC3)cnc2n1C. The fourth-order valence-corrected chi connectivity index (χ4v) is 4.94. The van der Waals surface area contributed by atoms with E-state index in [1.165, 1.54) is 17.5 Å². The molecule has 0 saturated carbocycles. The van der Waals surface area contributed by atoms with Crippen molar-refractivity contribution in [2.45, 2.75) is 51.1 Å². The van der Waals surface area contributed by atoms with Crippen LogP contribution in [0.1, 0.15) is 49.6 Å². The minimum absolute atomic E-state index is 0.0351. The van der Waals surface area contributed by atoms with Crippen LogP contribution in [0.25, 0.3) is 11.2 Å². The molecule has 6 heteroatoms. The molecule has 0 aliphatic carbocycles. The van der Waals surface area contributed by atoms with Crippen molar-refractivity contribution in [3.63, 3.8) is 0 Å². The zero-order valence-electron chi connectivity index (χ0n) is 19.3. The minimum atomic E-state index is -0.0351. The Kier molecular flexibility index (Phi) is 6.30. The molecule has 0 spiro atoms. The second kappa shape index (κ2) is 8.97. The summed E-state index contributed by atoms with van der Waals surface area (Å²) in [5.74, 6) is 1.47. The van der Waals surface area contributed by atoms with Crippen molar-refractivity contribution in [2.75, 3.05) is 27.2 Å². The Labute approximate surface area is 185 Å². The highest BCUT2D eigenvalue weighted by molar-refractivity contribution is 5.72. The molecule has 1 fully saturated rings. The van der Waals surface area contributed by atoms with Crippen LogP contribution in [0.15, 0.2) is 36.5 Å². The Morgan fingerprint density at radius 3 is 2.61 bits per heavy atom. The van der Waals surface area contributed by atoms with E-state index in [-0.39, 0.29) is 5.54 Å². The van der Waals surface area contributed by atoms with Crippen LogP contribution in [0.4, 0.5) is 0 Å². The maximum absolute atomic E-state index is 10.00. The zero-order valence-corrected chi connectivity index (χ0v) is 19.3. The van der Waals surface area contributed by atoms with Gasteiger partial charge in [-0.2, -0.15) is 0 Å². The van der Waals surface area contributed by atoms with E-state index in [9.17, 15) is 5.11 Å². The molecule has 0 unspecified atom stereocenters. The summed E-state index contributed by atoms with van der Waals surface area (Å²) >= 11 is 0. The molecular formula is C25H35N5O. The van der Waals surface area contributed by atoms with Crippen molar-refractivity contribution in [2.24, 2.45) is 7.05 Å². The number of benzene rings is 1. The van der Waals surface area contributed by atoms with Gasteiger partial charge in [0.15, 0.2) is 5.65 Å². The third kappa shape index (κ3) is 4.32. The number of hydrogen-bond acceptors (Lipinski definition) is 5. The Morgan fingerprint density at radius 1 is 1.16 bits per heavy atom. The molecule has 1 N–H and O–H groups in total. The van der Waals surface area contributed by atoms with Crippen LogP contribution >= 0.6 is 0 Å². The Balaban J connectivity index is 1.47. The molecule has 1 saturated heterocycles. The van der Waals surface area contributed by atoms with Crippen molar-refractivity contribution in [1.82, 2.24) is 24.3 Å². The van der Waals surface area contributed by atoms with Crippen molar-refractivity contribution in [3.05, 3.63) is 53.5 Å². The molecule has 0 amide bonds. The molecule has 0 radical (unpaired) electrons. The van der Waals surface area contributed by atoms with Gasteiger partial charge in [-0.05, 0) is 62.7 Å². The lowest BCUT2D eigenvalue weighted by atomic mass is 9.79. The molecule has 6 nitrogen and oxygen atoms in total. The van der Waals surface area contributed by atoms with Crippen molar-refractivity contribution >= 4 is 11.2 Å². The number of fused-ring (bicyclic) bond motifs is 1. The van der Waals surface area contributed by atoms with E-state index in [2.05, 4.69) is 54.6 Å². The summed E-state index contributed by atoms with van der Waals surface area (Å²) in [6.45, 7) is 5.13. The Hall–Kier alpha value is -2.44. The van der Waals surface area contributed by atoms with E-state index >= 15 is 0 Å². The number of pyridine rings is 1. The molecule has 1 aliphatic rings. The number of piperidine rings is 1. The van der Waals surface area contributed by atoms with Gasteiger partial charge in [-0.25, -0.2) is 9.97 Å². The van der Waals surface area contributed by atoms with Crippen molar-refractivity contribution in [1.29, 1.82) is 0 Å². The first-order valence-corrected chi connectivity index (χ1v) is 11.4. The number of rotatable bonds is 7. The maximum atomic E-state index is 10.00. The molecule has 3 aromatic rings. The van der Waals surface area contributed by atoms with Gasteiger partial charge in [0.2, 0.25) is 0 Å². The highest BCUT2D eigenvalue weighted by Gasteiger charge is 2.38. The summed E-state index contributed by atoms with van der Waals surface area (Å²) in [4.78, 5) is 14.4. The minimum Gasteiger partial charge on any atom is -0.508 e. The lowest BCUT2D eigenvalue weighted by Gasteiger charge is -2.46. The average molecular weight is 422 g/mol. The van der Waals surface area contributed by atoms with Gasteiger partial charge < -0.3 is 9.67 Å². The molecule has 1 aromatic carbocycles. The first-order valence-electron chi connectivity index (χ1n) is 11.4. The first kappa shape index (κ1) is 21.8. The topological polar surface area (TPSA) is 57.4 Å². The number of aryl methyl sites for hydroxylation is 2. The summed E-state index contributed by atoms with van der Waals surface area (Å²) in [7, 11) is 6.36. The number of phenols is 1. The van der Waals surface area contributed by atoms with Crippen LogP contribution in [-0.2, 0) is 25.6 Å². The van der Waals surface area contributed by atoms with E-state index in [0.29, 0.717) is 5.75 Å². The molecule has 0 bridgehead atoms. The number of aromatic hydroxyl groups is 1. The quantitative estimate of drug-likeness (QED) is 0.623. The van der Waals surface area contributed by atoms with E-state index in [0.717, 1.165) is 62.3 Å². The number of hydrogen-bond donors (Lipinski definition) is 1. The molecule has 2 aromatic heterocycles. The van der Waals surface area contributed by atoms with Gasteiger partial charge in [-0.1, -0.05) is 25.5 Å². The van der Waals surface area contributed by atoms with Crippen LogP contribution in [-0.4, -0.2) is 56.6 Å². The van der Waals surface area contributed by atoms with Crippen molar-refractivity contribution in [3.8, 4) is 5.75 Å². The highest BCUT2D eigenvalue weighted by Crippen LogP contribution is 2.38. The largest absolute Gasteiger partial charge is 0.508 e. The number of nitrogens with zero attached hydrogens (tertiary/aromatic N) is 5. The van der Waals surface area contributed by atoms with Gasteiger partial charge in [-0.15, -0.1) is 0 Å². The average Bonchev–Trinajstić information content (AvgIpc) is 3.07. The maximum Gasteiger partial charge on any atom is 0.159 e. The summed E-state index contributed by atoms with van der Waals surface area (Å²) in [6, 6.07) is 9.97. The number of aromatic nitrogens is 3. The molecule has 0 atom stereocenters. The van der Waals surface area contributed by atoms with Crippen LogP contribution < -0.4 is 0 Å². The van der Waals surface area contributed by atoms with Crippen LogP contribution in [0, 0.1) is 0 Å². The number of imidazole rings is 1. The summed E-state index contributed by atoms with van der Waals surface area (Å²) in [5.41, 5.74) is 4.37. The Bertz CT molecular complexity index is 1030. The number of likely N-dealkylation sites (tertiary alicyclic amines) is 1. The highest BCUT2D eigenvalue weighted by atomic mass is 16.3. The zero-order chi connectivity index (χ0) is 22.0. The second-order valence-electron chi connectivity index (χ2n) is 9.13. The third-order valence-corrected chi connectivity index (χ3v) is 6.94. The van der Waals surface area contributed by atoms with Gasteiger partial charge in [0.05, 0.1) is 0 Å². The lowest BCUT2D eigenvalue weighted by molar-refractivity contribution is 0.0505. The summed E-state index contributed by atoms with van der Waals surface area (Å²) in [5, 5.41) is 10.00. The molecule has 166 valence electrons. The van der Waals surface area contributed by atoms with E-state index < -0.39 is 0 Å². The predicted octanol–water partition coefficient (Wildman–Crippen LogP) is 4.07. The van der Waals surface area contributed by atoms with Gasteiger partial charge in [0.25, 0.3) is 0 Å². The number of phenolic OH excluding ortho intramolecular Hbond substituents is 1. The molecule has 31 heavy (non-hydrogen) atoms.